The van der Waals surface area contributed by atoms with Gasteiger partial charge in [-0.3, -0.25) is 9.88 Å². The Hall–Kier alpha value is -3.65. The zero-order valence-corrected chi connectivity index (χ0v) is 22.0. The van der Waals surface area contributed by atoms with Crippen molar-refractivity contribution < 1.29 is 23.8 Å². The Balaban J connectivity index is 1.24. The third kappa shape index (κ3) is 6.98. The minimum atomic E-state index is -0.466. The van der Waals surface area contributed by atoms with E-state index in [1.807, 2.05) is 63.2 Å². The van der Waals surface area contributed by atoms with Gasteiger partial charge >= 0.3 is 12.1 Å². The van der Waals surface area contributed by atoms with Crippen LogP contribution in [0.4, 0.5) is 4.79 Å². The van der Waals surface area contributed by atoms with Crippen molar-refractivity contribution in [1.82, 2.24) is 14.8 Å². The molecule has 0 N–H and O–H groups in total. The number of hydrogen-bond acceptors (Lipinski definition) is 7. The Bertz CT molecular complexity index is 1230. The molecule has 0 aliphatic carbocycles. The first-order valence-electron chi connectivity index (χ1n) is 12.6. The fraction of sp³-hybridized carbons (Fsp3) is 0.414. The quantitative estimate of drug-likeness (QED) is 0.330. The smallest absolute Gasteiger partial charge is 0.410 e. The molecule has 2 aromatic carbocycles. The molecule has 0 bridgehead atoms. The van der Waals surface area contributed by atoms with E-state index in [0.29, 0.717) is 25.3 Å². The summed E-state index contributed by atoms with van der Waals surface area (Å²) in [4.78, 5) is 32.8. The fourth-order valence-electron chi connectivity index (χ4n) is 4.32. The van der Waals surface area contributed by atoms with Crippen molar-refractivity contribution >= 4 is 23.0 Å². The van der Waals surface area contributed by atoms with Gasteiger partial charge in [0.25, 0.3) is 0 Å². The third-order valence-corrected chi connectivity index (χ3v) is 6.25. The van der Waals surface area contributed by atoms with Gasteiger partial charge < -0.3 is 19.1 Å². The molecule has 1 saturated heterocycles. The largest absolute Gasteiger partial charge is 0.494 e. The van der Waals surface area contributed by atoms with E-state index in [-0.39, 0.29) is 12.1 Å². The number of piperazine rings is 1. The number of rotatable bonds is 7. The van der Waals surface area contributed by atoms with Crippen LogP contribution in [0.15, 0.2) is 54.7 Å². The Morgan fingerprint density at radius 2 is 1.65 bits per heavy atom. The minimum absolute atomic E-state index is 0.232. The van der Waals surface area contributed by atoms with E-state index >= 15 is 0 Å². The Labute approximate surface area is 218 Å². The SMILES string of the molecule is COC(=O)c1ccnc2cc(-c3ccc(OCCCN4CCN(C(=O)OC(C)(C)C)CC4)cc3)ccc12. The number of nitrogens with zero attached hydrogens (tertiary/aromatic N) is 3. The second-order valence-corrected chi connectivity index (χ2v) is 10.1. The predicted molar refractivity (Wildman–Crippen MR) is 143 cm³/mol. The van der Waals surface area contributed by atoms with Crippen LogP contribution in [0.25, 0.3) is 22.0 Å². The highest BCUT2D eigenvalue weighted by molar-refractivity contribution is 6.04. The lowest BCUT2D eigenvalue weighted by Crippen LogP contribution is -2.50. The molecule has 0 saturated carbocycles. The maximum absolute atomic E-state index is 12.2. The van der Waals surface area contributed by atoms with Crippen LogP contribution >= 0.6 is 0 Å². The number of fused-ring (bicyclic) bond motifs is 1. The monoisotopic (exact) mass is 505 g/mol. The number of amides is 1. The van der Waals surface area contributed by atoms with Crippen molar-refractivity contribution in [3.63, 3.8) is 0 Å². The van der Waals surface area contributed by atoms with Gasteiger partial charge in [0.2, 0.25) is 0 Å². The first-order valence-corrected chi connectivity index (χ1v) is 12.6. The minimum Gasteiger partial charge on any atom is -0.494 e. The summed E-state index contributed by atoms with van der Waals surface area (Å²) in [5.74, 6) is 0.454. The molecule has 0 atom stereocenters. The average Bonchev–Trinajstić information content (AvgIpc) is 2.89. The molecular weight excluding hydrogens is 470 g/mol. The van der Waals surface area contributed by atoms with Crippen LogP contribution in [-0.2, 0) is 9.47 Å². The van der Waals surface area contributed by atoms with Gasteiger partial charge in [-0.05, 0) is 62.6 Å². The molecule has 0 spiro atoms. The van der Waals surface area contributed by atoms with Gasteiger partial charge in [-0.2, -0.15) is 0 Å². The van der Waals surface area contributed by atoms with Crippen molar-refractivity contribution in [1.29, 1.82) is 0 Å². The van der Waals surface area contributed by atoms with Crippen molar-refractivity contribution in [3.05, 3.63) is 60.3 Å². The Morgan fingerprint density at radius 3 is 2.32 bits per heavy atom. The van der Waals surface area contributed by atoms with E-state index in [2.05, 4.69) is 9.88 Å². The van der Waals surface area contributed by atoms with E-state index in [1.54, 1.807) is 17.2 Å². The van der Waals surface area contributed by atoms with E-state index in [0.717, 1.165) is 53.8 Å². The van der Waals surface area contributed by atoms with Crippen LogP contribution in [0.3, 0.4) is 0 Å². The number of carbonyl (C=O) groups excluding carboxylic acids is 2. The number of benzene rings is 2. The highest BCUT2D eigenvalue weighted by Crippen LogP contribution is 2.27. The molecule has 0 unspecified atom stereocenters. The van der Waals surface area contributed by atoms with E-state index in [4.69, 9.17) is 14.2 Å². The topological polar surface area (TPSA) is 81.2 Å². The number of esters is 1. The van der Waals surface area contributed by atoms with Crippen LogP contribution in [-0.4, -0.2) is 78.9 Å². The van der Waals surface area contributed by atoms with Gasteiger partial charge in [-0.1, -0.05) is 24.3 Å². The number of hydrogen-bond donors (Lipinski definition) is 0. The summed E-state index contributed by atoms with van der Waals surface area (Å²) < 4.78 is 16.3. The molecule has 1 aliphatic rings. The van der Waals surface area contributed by atoms with Gasteiger partial charge in [0.1, 0.15) is 11.4 Å². The fourth-order valence-corrected chi connectivity index (χ4v) is 4.32. The number of methoxy groups -OCH3 is 1. The van der Waals surface area contributed by atoms with Crippen LogP contribution in [0.5, 0.6) is 5.75 Å². The molecule has 3 aromatic rings. The van der Waals surface area contributed by atoms with Gasteiger partial charge in [0, 0.05) is 44.3 Å². The molecule has 8 nitrogen and oxygen atoms in total. The molecule has 8 heteroatoms. The van der Waals surface area contributed by atoms with Crippen molar-refractivity contribution in [2.24, 2.45) is 0 Å². The van der Waals surface area contributed by atoms with Crippen molar-refractivity contribution in [2.45, 2.75) is 32.8 Å². The van der Waals surface area contributed by atoms with Gasteiger partial charge in [0.05, 0.1) is 24.8 Å². The maximum atomic E-state index is 12.2. The zero-order chi connectivity index (χ0) is 26.4. The van der Waals surface area contributed by atoms with Crippen LogP contribution in [0, 0.1) is 0 Å². The molecule has 4 rings (SSSR count). The third-order valence-electron chi connectivity index (χ3n) is 6.25. The molecule has 196 valence electrons. The molecule has 1 fully saturated rings. The molecule has 37 heavy (non-hydrogen) atoms. The van der Waals surface area contributed by atoms with Crippen molar-refractivity contribution in [3.8, 4) is 16.9 Å². The number of carbonyl (C=O) groups is 2. The van der Waals surface area contributed by atoms with E-state index < -0.39 is 5.60 Å². The van der Waals surface area contributed by atoms with Crippen LogP contribution in [0.1, 0.15) is 37.6 Å². The molecule has 1 aliphatic heterocycles. The van der Waals surface area contributed by atoms with Gasteiger partial charge in [-0.15, -0.1) is 0 Å². The Kier molecular flexibility index (Phi) is 8.28. The molecule has 1 aromatic heterocycles. The standard InChI is InChI=1S/C29H35N3O5/c1-29(2,3)37-28(34)32-17-15-31(16-18-32)14-5-19-36-23-9-6-21(7-10-23)22-8-11-24-25(27(33)35-4)12-13-30-26(24)20-22/h6-13,20H,5,14-19H2,1-4H3. The number of pyridine rings is 1. The van der Waals surface area contributed by atoms with Crippen LogP contribution < -0.4 is 4.74 Å². The summed E-state index contributed by atoms with van der Waals surface area (Å²) in [7, 11) is 1.38. The second kappa shape index (κ2) is 11.6. The Morgan fingerprint density at radius 1 is 0.946 bits per heavy atom. The normalized spacial score (nSPS) is 14.4. The lowest BCUT2D eigenvalue weighted by molar-refractivity contribution is 0.0142. The zero-order valence-electron chi connectivity index (χ0n) is 22.0. The highest BCUT2D eigenvalue weighted by atomic mass is 16.6. The highest BCUT2D eigenvalue weighted by Gasteiger charge is 2.25. The first kappa shape index (κ1) is 26.4. The summed E-state index contributed by atoms with van der Waals surface area (Å²) in [6, 6.07) is 15.5. The molecule has 1 amide bonds. The lowest BCUT2D eigenvalue weighted by atomic mass is 10.0. The molecule has 0 radical (unpaired) electrons. The van der Waals surface area contributed by atoms with Crippen LogP contribution in [0.2, 0.25) is 0 Å². The van der Waals surface area contributed by atoms with E-state index in [9.17, 15) is 9.59 Å². The van der Waals surface area contributed by atoms with E-state index in [1.165, 1.54) is 7.11 Å². The number of aromatic nitrogens is 1. The maximum Gasteiger partial charge on any atom is 0.410 e. The van der Waals surface area contributed by atoms with Gasteiger partial charge in [-0.25, -0.2) is 9.59 Å². The van der Waals surface area contributed by atoms with Gasteiger partial charge in [0.15, 0.2) is 0 Å². The van der Waals surface area contributed by atoms with Crippen molar-refractivity contribution in [2.75, 3.05) is 46.4 Å². The summed E-state index contributed by atoms with van der Waals surface area (Å²) in [5, 5.41) is 0.768. The second-order valence-electron chi connectivity index (χ2n) is 10.1. The average molecular weight is 506 g/mol. The molecule has 2 heterocycles. The predicted octanol–water partition coefficient (Wildman–Crippen LogP) is 5.01. The first-order chi connectivity index (χ1) is 17.7. The lowest BCUT2D eigenvalue weighted by Gasteiger charge is -2.35. The number of ether oxygens (including phenoxy) is 3. The summed E-state index contributed by atoms with van der Waals surface area (Å²) in [6.45, 7) is 10.3. The summed E-state index contributed by atoms with van der Waals surface area (Å²) in [6.07, 6.45) is 2.30. The summed E-state index contributed by atoms with van der Waals surface area (Å²) >= 11 is 0. The summed E-state index contributed by atoms with van der Waals surface area (Å²) in [5.41, 5.74) is 2.84. The molecular formula is C29H35N3O5.